The van der Waals surface area contributed by atoms with Crippen LogP contribution in [0.3, 0.4) is 0 Å². The SMILES string of the molecule is COCCNCc1nnnn1-c1ccc(Cl)c(Br)c1. The van der Waals surface area contributed by atoms with Gasteiger partial charge in [-0.2, -0.15) is 4.68 Å². The van der Waals surface area contributed by atoms with Gasteiger partial charge in [-0.25, -0.2) is 0 Å². The summed E-state index contributed by atoms with van der Waals surface area (Å²) < 4.78 is 7.44. The van der Waals surface area contributed by atoms with Crippen molar-refractivity contribution < 1.29 is 4.74 Å². The van der Waals surface area contributed by atoms with Crippen LogP contribution in [0.25, 0.3) is 5.69 Å². The van der Waals surface area contributed by atoms with Gasteiger partial charge in [-0.15, -0.1) is 5.10 Å². The van der Waals surface area contributed by atoms with Crippen LogP contribution >= 0.6 is 27.5 Å². The molecule has 19 heavy (non-hydrogen) atoms. The molecule has 1 N–H and O–H groups in total. The molecule has 0 fully saturated rings. The van der Waals surface area contributed by atoms with Gasteiger partial charge in [0.2, 0.25) is 0 Å². The Morgan fingerprint density at radius 1 is 1.47 bits per heavy atom. The molecule has 0 bridgehead atoms. The molecule has 0 aliphatic carbocycles. The lowest BCUT2D eigenvalue weighted by Gasteiger charge is -2.06. The second kappa shape index (κ2) is 6.95. The highest BCUT2D eigenvalue weighted by Gasteiger charge is 2.09. The van der Waals surface area contributed by atoms with Gasteiger partial charge in [0.05, 0.1) is 23.9 Å². The largest absolute Gasteiger partial charge is 0.383 e. The molecule has 0 spiro atoms. The maximum Gasteiger partial charge on any atom is 0.170 e. The molecule has 0 amide bonds. The van der Waals surface area contributed by atoms with Crippen LogP contribution < -0.4 is 5.32 Å². The molecule has 0 atom stereocenters. The zero-order valence-corrected chi connectivity index (χ0v) is 12.6. The Balaban J connectivity index is 2.12. The third-order valence-corrected chi connectivity index (χ3v) is 3.66. The summed E-state index contributed by atoms with van der Waals surface area (Å²) in [6, 6.07) is 5.53. The second-order valence-corrected chi connectivity index (χ2v) is 5.04. The van der Waals surface area contributed by atoms with Gasteiger partial charge in [0, 0.05) is 18.1 Å². The first kappa shape index (κ1) is 14.4. The standard InChI is InChI=1S/C11H13BrClN5O/c1-19-5-4-14-7-11-15-16-17-18(11)8-2-3-10(13)9(12)6-8/h2-3,6,14H,4-5,7H2,1H3. The first-order valence-electron chi connectivity index (χ1n) is 5.64. The van der Waals surface area contributed by atoms with Crippen LogP contribution in [0.15, 0.2) is 22.7 Å². The number of tetrazole rings is 1. The summed E-state index contributed by atoms with van der Waals surface area (Å²) in [4.78, 5) is 0. The Morgan fingerprint density at radius 2 is 2.32 bits per heavy atom. The molecule has 8 heteroatoms. The van der Waals surface area contributed by atoms with Crippen LogP contribution in [-0.4, -0.2) is 40.5 Å². The molecule has 0 aliphatic rings. The first-order valence-corrected chi connectivity index (χ1v) is 6.82. The molecule has 0 radical (unpaired) electrons. The van der Waals surface area contributed by atoms with Crippen molar-refractivity contribution >= 4 is 27.5 Å². The molecular weight excluding hydrogens is 334 g/mol. The number of benzene rings is 1. The third-order valence-electron chi connectivity index (χ3n) is 2.45. The Labute approximate surface area is 124 Å². The van der Waals surface area contributed by atoms with Crippen molar-refractivity contribution in [2.75, 3.05) is 20.3 Å². The van der Waals surface area contributed by atoms with Crippen LogP contribution in [0.1, 0.15) is 5.82 Å². The molecule has 0 saturated heterocycles. The second-order valence-electron chi connectivity index (χ2n) is 3.77. The molecule has 0 aliphatic heterocycles. The number of hydrogen-bond donors (Lipinski definition) is 1. The number of ether oxygens (including phenoxy) is 1. The van der Waals surface area contributed by atoms with Crippen molar-refractivity contribution in [2.45, 2.75) is 6.54 Å². The highest BCUT2D eigenvalue weighted by molar-refractivity contribution is 9.10. The maximum absolute atomic E-state index is 5.97. The molecule has 0 unspecified atom stereocenters. The average molecular weight is 347 g/mol. The lowest BCUT2D eigenvalue weighted by Crippen LogP contribution is -2.21. The van der Waals surface area contributed by atoms with E-state index in [0.717, 1.165) is 22.5 Å². The Bertz CT molecular complexity index is 548. The summed E-state index contributed by atoms with van der Waals surface area (Å²) in [6.45, 7) is 1.96. The number of rotatable bonds is 6. The number of aromatic nitrogens is 4. The van der Waals surface area contributed by atoms with Gasteiger partial charge < -0.3 is 10.1 Å². The number of nitrogens with one attached hydrogen (secondary N) is 1. The van der Waals surface area contributed by atoms with E-state index in [4.69, 9.17) is 16.3 Å². The Kier molecular flexibility index (Phi) is 5.26. The Hall–Kier alpha value is -1.02. The summed E-state index contributed by atoms with van der Waals surface area (Å²) in [5.74, 6) is 0.727. The normalized spacial score (nSPS) is 10.9. The fraction of sp³-hybridized carbons (Fsp3) is 0.364. The molecular formula is C11H13BrClN5O. The number of halogens is 2. The summed E-state index contributed by atoms with van der Waals surface area (Å²) in [7, 11) is 1.66. The first-order chi connectivity index (χ1) is 9.22. The summed E-state index contributed by atoms with van der Waals surface area (Å²) in [6.07, 6.45) is 0. The van der Waals surface area contributed by atoms with Gasteiger partial charge in [0.1, 0.15) is 0 Å². The highest BCUT2D eigenvalue weighted by atomic mass is 79.9. The molecule has 0 saturated carbocycles. The van der Waals surface area contributed by atoms with Crippen LogP contribution in [0.2, 0.25) is 5.02 Å². The van der Waals surface area contributed by atoms with Crippen LogP contribution in [-0.2, 0) is 11.3 Å². The summed E-state index contributed by atoms with van der Waals surface area (Å²) in [5, 5.41) is 15.5. The monoisotopic (exact) mass is 345 g/mol. The lowest BCUT2D eigenvalue weighted by atomic mass is 10.3. The van der Waals surface area contributed by atoms with Gasteiger partial charge in [0.15, 0.2) is 5.82 Å². The minimum absolute atomic E-state index is 0.566. The van der Waals surface area contributed by atoms with Gasteiger partial charge in [-0.1, -0.05) is 11.6 Å². The van der Waals surface area contributed by atoms with E-state index in [1.54, 1.807) is 17.9 Å². The molecule has 102 valence electrons. The van der Waals surface area contributed by atoms with E-state index in [1.807, 2.05) is 12.1 Å². The van der Waals surface area contributed by atoms with E-state index in [2.05, 4.69) is 36.8 Å². The fourth-order valence-corrected chi connectivity index (χ4v) is 1.99. The predicted molar refractivity (Wildman–Crippen MR) is 75.4 cm³/mol. The van der Waals surface area contributed by atoms with Crippen molar-refractivity contribution in [2.24, 2.45) is 0 Å². The van der Waals surface area contributed by atoms with E-state index in [0.29, 0.717) is 18.2 Å². The topological polar surface area (TPSA) is 64.9 Å². The van der Waals surface area contributed by atoms with E-state index < -0.39 is 0 Å². The van der Waals surface area contributed by atoms with Crippen molar-refractivity contribution in [3.05, 3.63) is 33.5 Å². The highest BCUT2D eigenvalue weighted by Crippen LogP contribution is 2.24. The van der Waals surface area contributed by atoms with Crippen molar-refractivity contribution in [1.82, 2.24) is 25.5 Å². The van der Waals surface area contributed by atoms with Gasteiger partial charge in [-0.3, -0.25) is 0 Å². The van der Waals surface area contributed by atoms with E-state index in [1.165, 1.54) is 0 Å². The zero-order chi connectivity index (χ0) is 13.7. The zero-order valence-electron chi connectivity index (χ0n) is 10.3. The fourth-order valence-electron chi connectivity index (χ4n) is 1.51. The summed E-state index contributed by atoms with van der Waals surface area (Å²) in [5.41, 5.74) is 0.852. The summed E-state index contributed by atoms with van der Waals surface area (Å²) >= 11 is 9.35. The average Bonchev–Trinajstić information content (AvgIpc) is 2.86. The molecule has 2 rings (SSSR count). The maximum atomic E-state index is 5.97. The lowest BCUT2D eigenvalue weighted by molar-refractivity contribution is 0.199. The molecule has 6 nitrogen and oxygen atoms in total. The Morgan fingerprint density at radius 3 is 3.05 bits per heavy atom. The molecule has 1 heterocycles. The minimum Gasteiger partial charge on any atom is -0.383 e. The van der Waals surface area contributed by atoms with Crippen molar-refractivity contribution in [1.29, 1.82) is 0 Å². The van der Waals surface area contributed by atoms with Crippen molar-refractivity contribution in [3.8, 4) is 5.69 Å². The number of hydrogen-bond acceptors (Lipinski definition) is 5. The number of methoxy groups -OCH3 is 1. The van der Waals surface area contributed by atoms with Gasteiger partial charge >= 0.3 is 0 Å². The van der Waals surface area contributed by atoms with Gasteiger partial charge in [0.25, 0.3) is 0 Å². The minimum atomic E-state index is 0.566. The van der Waals surface area contributed by atoms with Crippen LogP contribution in [0.5, 0.6) is 0 Å². The smallest absolute Gasteiger partial charge is 0.170 e. The molecule has 1 aromatic heterocycles. The predicted octanol–water partition coefficient (Wildman–Crippen LogP) is 1.81. The quantitative estimate of drug-likeness (QED) is 0.808. The number of nitrogens with zero attached hydrogens (tertiary/aromatic N) is 4. The van der Waals surface area contributed by atoms with Crippen molar-refractivity contribution in [3.63, 3.8) is 0 Å². The third kappa shape index (κ3) is 3.73. The molecule has 1 aromatic carbocycles. The van der Waals surface area contributed by atoms with Crippen LogP contribution in [0.4, 0.5) is 0 Å². The van der Waals surface area contributed by atoms with E-state index in [9.17, 15) is 0 Å². The van der Waals surface area contributed by atoms with Gasteiger partial charge in [-0.05, 0) is 44.6 Å². The molecule has 2 aromatic rings. The van der Waals surface area contributed by atoms with Crippen LogP contribution in [0, 0.1) is 0 Å². The van der Waals surface area contributed by atoms with E-state index >= 15 is 0 Å². The van der Waals surface area contributed by atoms with E-state index in [-0.39, 0.29) is 0 Å².